The van der Waals surface area contributed by atoms with Crippen LogP contribution in [0.5, 0.6) is 0 Å². The maximum absolute atomic E-state index is 12.7. The Balaban J connectivity index is 1.60. The zero-order valence-corrected chi connectivity index (χ0v) is 15.3. The Bertz CT molecular complexity index is 972. The van der Waals surface area contributed by atoms with E-state index >= 15 is 0 Å². The lowest BCUT2D eigenvalue weighted by atomic mass is 10.1. The summed E-state index contributed by atoms with van der Waals surface area (Å²) in [6, 6.07) is 7.50. The molecule has 0 radical (unpaired) electrons. The minimum Gasteiger partial charge on any atom is -0.270 e. The molecule has 25 heavy (non-hydrogen) atoms. The molecule has 1 aromatic carbocycles. The smallest absolute Gasteiger partial charge is 0.263 e. The van der Waals surface area contributed by atoms with Crippen LogP contribution in [0, 0.1) is 0 Å². The molecule has 1 atom stereocenters. The van der Waals surface area contributed by atoms with Crippen LogP contribution in [-0.4, -0.2) is 48.6 Å². The predicted octanol–water partition coefficient (Wildman–Crippen LogP) is 2.46. The average Bonchev–Trinajstić information content (AvgIpc) is 3.29. The molecule has 2 aromatic rings. The Kier molecular flexibility index (Phi) is 3.95. The monoisotopic (exact) mass is 396 g/mol. The van der Waals surface area contributed by atoms with Crippen molar-refractivity contribution in [3.8, 4) is 0 Å². The number of carbonyl (C=O) groups excluding carboxylic acids is 2. The lowest BCUT2D eigenvalue weighted by molar-refractivity contribution is 0.0593. The molecule has 0 bridgehead atoms. The Morgan fingerprint density at radius 2 is 1.92 bits per heavy atom. The first-order valence-electron chi connectivity index (χ1n) is 7.61. The van der Waals surface area contributed by atoms with Crippen LogP contribution in [0.2, 0.25) is 5.02 Å². The standard InChI is InChI=1S/C16H13ClN2O4S2/c17-12-4-1-3-11-14(12)16(21)19(15(11)20)10-6-7-18(9-10)25(22,23)13-5-2-8-24-13/h1-5,8,10H,6-7,9H2. The predicted molar refractivity (Wildman–Crippen MR) is 93.4 cm³/mol. The summed E-state index contributed by atoms with van der Waals surface area (Å²) >= 11 is 7.21. The molecule has 130 valence electrons. The number of amides is 2. The van der Waals surface area contributed by atoms with E-state index in [1.54, 1.807) is 35.7 Å². The molecular weight excluding hydrogens is 384 g/mol. The first kappa shape index (κ1) is 16.7. The molecule has 4 rings (SSSR count). The van der Waals surface area contributed by atoms with Crippen molar-refractivity contribution in [2.75, 3.05) is 13.1 Å². The van der Waals surface area contributed by atoms with Crippen molar-refractivity contribution in [2.45, 2.75) is 16.7 Å². The maximum atomic E-state index is 12.7. The van der Waals surface area contributed by atoms with Gasteiger partial charge in [-0.1, -0.05) is 23.7 Å². The molecule has 6 nitrogen and oxygen atoms in total. The van der Waals surface area contributed by atoms with E-state index in [1.807, 2.05) is 0 Å². The first-order valence-corrected chi connectivity index (χ1v) is 10.3. The van der Waals surface area contributed by atoms with Crippen molar-refractivity contribution >= 4 is 44.8 Å². The highest BCUT2D eigenvalue weighted by Crippen LogP contribution is 2.34. The first-order chi connectivity index (χ1) is 11.9. The van der Waals surface area contributed by atoms with Crippen LogP contribution in [0.15, 0.2) is 39.9 Å². The highest BCUT2D eigenvalue weighted by Gasteiger charge is 2.45. The summed E-state index contributed by atoms with van der Waals surface area (Å²) in [5, 5.41) is 1.94. The summed E-state index contributed by atoms with van der Waals surface area (Å²) in [4.78, 5) is 26.4. The fourth-order valence-corrected chi connectivity index (χ4v) is 6.16. The Morgan fingerprint density at radius 3 is 2.60 bits per heavy atom. The molecule has 1 fully saturated rings. The van der Waals surface area contributed by atoms with Crippen LogP contribution in [0.4, 0.5) is 0 Å². The molecule has 9 heteroatoms. The van der Waals surface area contributed by atoms with E-state index in [9.17, 15) is 18.0 Å². The topological polar surface area (TPSA) is 74.8 Å². The van der Waals surface area contributed by atoms with Gasteiger partial charge in [0, 0.05) is 13.1 Å². The highest BCUT2D eigenvalue weighted by molar-refractivity contribution is 7.91. The summed E-state index contributed by atoms with van der Waals surface area (Å²) in [7, 11) is -3.59. The third-order valence-corrected chi connectivity index (χ3v) is 8.03. The molecule has 2 amide bonds. The minimum absolute atomic E-state index is 0.101. The van der Waals surface area contributed by atoms with Crippen LogP contribution in [0.25, 0.3) is 0 Å². The number of benzene rings is 1. The van der Waals surface area contributed by atoms with Crippen molar-refractivity contribution in [3.05, 3.63) is 51.9 Å². The Hall–Kier alpha value is -1.74. The van der Waals surface area contributed by atoms with Crippen LogP contribution in [-0.2, 0) is 10.0 Å². The molecule has 2 aliphatic heterocycles. The van der Waals surface area contributed by atoms with Gasteiger partial charge in [-0.25, -0.2) is 8.42 Å². The maximum Gasteiger partial charge on any atom is 0.263 e. The Labute approximate surface area is 153 Å². The zero-order chi connectivity index (χ0) is 17.8. The second-order valence-electron chi connectivity index (χ2n) is 5.88. The van der Waals surface area contributed by atoms with Crippen LogP contribution in [0.3, 0.4) is 0 Å². The molecule has 0 aliphatic carbocycles. The van der Waals surface area contributed by atoms with Gasteiger partial charge in [-0.15, -0.1) is 11.3 Å². The molecule has 0 saturated carbocycles. The van der Waals surface area contributed by atoms with E-state index in [-0.39, 0.29) is 33.4 Å². The summed E-state index contributed by atoms with van der Waals surface area (Å²) in [6.45, 7) is 0.370. The minimum atomic E-state index is -3.59. The second kappa shape index (κ2) is 5.91. The highest BCUT2D eigenvalue weighted by atomic mass is 35.5. The second-order valence-corrected chi connectivity index (χ2v) is 9.40. The lowest BCUT2D eigenvalue weighted by Gasteiger charge is -2.22. The van der Waals surface area contributed by atoms with E-state index < -0.39 is 27.9 Å². The molecule has 0 N–H and O–H groups in total. The fraction of sp³-hybridized carbons (Fsp3) is 0.250. The number of halogens is 1. The van der Waals surface area contributed by atoms with Gasteiger partial charge < -0.3 is 0 Å². The number of nitrogens with zero attached hydrogens (tertiary/aromatic N) is 2. The molecule has 0 spiro atoms. The van der Waals surface area contributed by atoms with Crippen LogP contribution < -0.4 is 0 Å². The number of rotatable bonds is 3. The van der Waals surface area contributed by atoms with E-state index in [4.69, 9.17) is 11.6 Å². The van der Waals surface area contributed by atoms with Gasteiger partial charge in [0.15, 0.2) is 0 Å². The third-order valence-electron chi connectivity index (χ3n) is 4.48. The van der Waals surface area contributed by atoms with Gasteiger partial charge >= 0.3 is 0 Å². The van der Waals surface area contributed by atoms with Gasteiger partial charge in [0.25, 0.3) is 21.8 Å². The SMILES string of the molecule is O=C1c2cccc(Cl)c2C(=O)N1C1CCN(S(=O)(=O)c2cccs2)C1. The number of carbonyl (C=O) groups is 2. The summed E-state index contributed by atoms with van der Waals surface area (Å²) in [6.07, 6.45) is 0.410. The fourth-order valence-electron chi connectivity index (χ4n) is 3.27. The van der Waals surface area contributed by atoms with Gasteiger partial charge in [0.1, 0.15) is 4.21 Å². The van der Waals surface area contributed by atoms with Crippen molar-refractivity contribution in [2.24, 2.45) is 0 Å². The molecular formula is C16H13ClN2O4S2. The van der Waals surface area contributed by atoms with Crippen LogP contribution >= 0.6 is 22.9 Å². The number of hydrogen-bond donors (Lipinski definition) is 0. The molecule has 1 aromatic heterocycles. The normalized spacial score (nSPS) is 21.2. The Morgan fingerprint density at radius 1 is 1.12 bits per heavy atom. The van der Waals surface area contributed by atoms with Crippen molar-refractivity contribution in [3.63, 3.8) is 0 Å². The van der Waals surface area contributed by atoms with Gasteiger partial charge in [0.05, 0.1) is 22.2 Å². The zero-order valence-electron chi connectivity index (χ0n) is 12.9. The molecule has 1 unspecified atom stereocenters. The van der Waals surface area contributed by atoms with Crippen molar-refractivity contribution in [1.29, 1.82) is 0 Å². The van der Waals surface area contributed by atoms with E-state index in [0.29, 0.717) is 6.42 Å². The quantitative estimate of drug-likeness (QED) is 0.747. The van der Waals surface area contributed by atoms with Gasteiger partial charge in [-0.05, 0) is 30.0 Å². The molecule has 2 aliphatic rings. The number of imide groups is 1. The van der Waals surface area contributed by atoms with E-state index in [1.165, 1.54) is 4.31 Å². The molecule has 1 saturated heterocycles. The van der Waals surface area contributed by atoms with Crippen LogP contribution in [0.1, 0.15) is 27.1 Å². The number of sulfonamides is 1. The van der Waals surface area contributed by atoms with E-state index in [0.717, 1.165) is 16.2 Å². The average molecular weight is 397 g/mol. The van der Waals surface area contributed by atoms with Gasteiger partial charge in [0.2, 0.25) is 0 Å². The summed E-state index contributed by atoms with van der Waals surface area (Å²) in [5.41, 5.74) is 0.478. The van der Waals surface area contributed by atoms with E-state index in [2.05, 4.69) is 0 Å². The molecule has 3 heterocycles. The van der Waals surface area contributed by atoms with Gasteiger partial charge in [-0.3, -0.25) is 14.5 Å². The number of hydrogen-bond acceptors (Lipinski definition) is 5. The number of fused-ring (bicyclic) bond motifs is 1. The third kappa shape index (κ3) is 2.52. The lowest BCUT2D eigenvalue weighted by Crippen LogP contribution is -2.42. The van der Waals surface area contributed by atoms with Crippen molar-refractivity contribution < 1.29 is 18.0 Å². The van der Waals surface area contributed by atoms with Gasteiger partial charge in [-0.2, -0.15) is 4.31 Å². The van der Waals surface area contributed by atoms with Crippen molar-refractivity contribution in [1.82, 2.24) is 9.21 Å². The largest absolute Gasteiger partial charge is 0.270 e. The summed E-state index contributed by atoms with van der Waals surface area (Å²) < 4.78 is 26.8. The number of thiophene rings is 1. The summed E-state index contributed by atoms with van der Waals surface area (Å²) in [5.74, 6) is -0.867.